The summed E-state index contributed by atoms with van der Waals surface area (Å²) in [5, 5.41) is 2.59. The first-order valence-electron chi connectivity index (χ1n) is 7.02. The number of ether oxygens (including phenoxy) is 1. The largest absolute Gasteiger partial charge is 0.449 e. The predicted molar refractivity (Wildman–Crippen MR) is 93.1 cm³/mol. The Hall–Kier alpha value is -2.05. The van der Waals surface area contributed by atoms with Gasteiger partial charge in [-0.1, -0.05) is 23.7 Å². The fraction of sp³-hybridized carbons (Fsp3) is 0.176. The van der Waals surface area contributed by atoms with E-state index < -0.39 is 23.8 Å². The van der Waals surface area contributed by atoms with E-state index >= 15 is 0 Å². The van der Waals surface area contributed by atoms with Gasteiger partial charge < -0.3 is 10.1 Å². The van der Waals surface area contributed by atoms with Crippen LogP contribution < -0.4 is 5.32 Å². The third-order valence-electron chi connectivity index (χ3n) is 3.17. The van der Waals surface area contributed by atoms with Crippen molar-refractivity contribution in [2.75, 3.05) is 11.6 Å². The first-order chi connectivity index (χ1) is 11.4. The molecule has 0 aromatic heterocycles. The maximum Gasteiger partial charge on any atom is 0.340 e. The molecule has 0 saturated carbocycles. The Bertz CT molecular complexity index is 769. The molecule has 2 aromatic carbocycles. The Labute approximate surface area is 148 Å². The average molecular weight is 368 g/mol. The van der Waals surface area contributed by atoms with Crippen molar-refractivity contribution >= 4 is 40.9 Å². The van der Waals surface area contributed by atoms with Gasteiger partial charge in [-0.15, -0.1) is 11.8 Å². The topological polar surface area (TPSA) is 55.4 Å². The molecule has 1 amide bonds. The van der Waals surface area contributed by atoms with Crippen LogP contribution in [0.4, 0.5) is 10.1 Å². The Kier molecular flexibility index (Phi) is 6.23. The first kappa shape index (κ1) is 18.3. The number of carbonyl (C=O) groups is 2. The standard InChI is InChI=1S/C17H15ClFNO3S/c1-10(16(21)20-14-8-7-11(18)9-13(14)19)23-17(22)12-5-3-4-6-15(12)24-2/h3-10H,1-2H3,(H,20,21)/t10-/m1/s1. The van der Waals surface area contributed by atoms with Gasteiger partial charge in [-0.05, 0) is 43.5 Å². The molecule has 0 saturated heterocycles. The normalized spacial score (nSPS) is 11.7. The fourth-order valence-electron chi connectivity index (χ4n) is 1.92. The summed E-state index contributed by atoms with van der Waals surface area (Å²) in [5.41, 5.74) is 0.346. The minimum Gasteiger partial charge on any atom is -0.449 e. The maximum atomic E-state index is 13.7. The molecule has 0 unspecified atom stereocenters. The summed E-state index contributed by atoms with van der Waals surface area (Å²) in [4.78, 5) is 25.0. The van der Waals surface area contributed by atoms with E-state index in [-0.39, 0.29) is 10.7 Å². The van der Waals surface area contributed by atoms with Gasteiger partial charge in [0, 0.05) is 9.92 Å². The van der Waals surface area contributed by atoms with Crippen LogP contribution in [0.1, 0.15) is 17.3 Å². The Morgan fingerprint density at radius 3 is 2.62 bits per heavy atom. The third-order valence-corrected chi connectivity index (χ3v) is 4.20. The highest BCUT2D eigenvalue weighted by molar-refractivity contribution is 7.98. The molecule has 0 aliphatic carbocycles. The smallest absolute Gasteiger partial charge is 0.340 e. The summed E-state index contributed by atoms with van der Waals surface area (Å²) in [6.07, 6.45) is 0.758. The van der Waals surface area contributed by atoms with E-state index in [1.54, 1.807) is 18.2 Å². The van der Waals surface area contributed by atoms with E-state index in [4.69, 9.17) is 16.3 Å². The van der Waals surface area contributed by atoms with Gasteiger partial charge >= 0.3 is 5.97 Å². The lowest BCUT2D eigenvalue weighted by atomic mass is 10.2. The van der Waals surface area contributed by atoms with E-state index in [0.717, 1.165) is 11.0 Å². The Balaban J connectivity index is 2.04. The van der Waals surface area contributed by atoms with E-state index in [1.165, 1.54) is 30.8 Å². The minimum atomic E-state index is -1.08. The fourth-order valence-corrected chi connectivity index (χ4v) is 2.66. The van der Waals surface area contributed by atoms with Gasteiger partial charge in [-0.25, -0.2) is 9.18 Å². The highest BCUT2D eigenvalue weighted by Crippen LogP contribution is 2.22. The predicted octanol–water partition coefficient (Wildman–Crippen LogP) is 4.39. The number of thioether (sulfide) groups is 1. The molecule has 1 N–H and O–H groups in total. The zero-order valence-corrected chi connectivity index (χ0v) is 14.6. The lowest BCUT2D eigenvalue weighted by molar-refractivity contribution is -0.123. The van der Waals surface area contributed by atoms with Gasteiger partial charge in [-0.2, -0.15) is 0 Å². The van der Waals surface area contributed by atoms with Gasteiger partial charge in [0.05, 0.1) is 11.3 Å². The van der Waals surface area contributed by atoms with Crippen LogP contribution in [-0.4, -0.2) is 24.2 Å². The van der Waals surface area contributed by atoms with E-state index in [0.29, 0.717) is 5.56 Å². The number of amides is 1. The second-order valence-corrected chi connectivity index (χ2v) is 6.15. The zero-order valence-electron chi connectivity index (χ0n) is 13.0. The number of esters is 1. The molecular formula is C17H15ClFNO3S. The third kappa shape index (κ3) is 4.49. The second kappa shape index (κ2) is 8.17. The highest BCUT2D eigenvalue weighted by Gasteiger charge is 2.21. The van der Waals surface area contributed by atoms with Crippen molar-refractivity contribution in [2.45, 2.75) is 17.9 Å². The Morgan fingerprint density at radius 1 is 1.25 bits per heavy atom. The van der Waals surface area contributed by atoms with Crippen molar-refractivity contribution in [3.63, 3.8) is 0 Å². The molecule has 24 heavy (non-hydrogen) atoms. The van der Waals surface area contributed by atoms with Gasteiger partial charge in [0.15, 0.2) is 6.10 Å². The molecule has 0 radical (unpaired) electrons. The molecule has 0 aliphatic rings. The van der Waals surface area contributed by atoms with Crippen molar-refractivity contribution in [3.05, 3.63) is 58.9 Å². The van der Waals surface area contributed by atoms with Crippen LogP contribution in [0.2, 0.25) is 5.02 Å². The molecule has 7 heteroatoms. The van der Waals surface area contributed by atoms with E-state index in [2.05, 4.69) is 5.32 Å². The summed E-state index contributed by atoms with van der Waals surface area (Å²) in [6, 6.07) is 10.8. The summed E-state index contributed by atoms with van der Waals surface area (Å²) < 4.78 is 18.9. The SMILES string of the molecule is CSc1ccccc1C(=O)O[C@H](C)C(=O)Nc1ccc(Cl)cc1F. The highest BCUT2D eigenvalue weighted by atomic mass is 35.5. The van der Waals surface area contributed by atoms with Crippen molar-refractivity contribution in [3.8, 4) is 0 Å². The van der Waals surface area contributed by atoms with Crippen LogP contribution in [0, 0.1) is 5.82 Å². The Morgan fingerprint density at radius 2 is 1.96 bits per heavy atom. The number of rotatable bonds is 5. The molecular weight excluding hydrogens is 353 g/mol. The molecule has 2 rings (SSSR count). The van der Waals surface area contributed by atoms with Crippen LogP contribution in [0.5, 0.6) is 0 Å². The molecule has 126 valence electrons. The number of carbonyl (C=O) groups excluding carboxylic acids is 2. The molecule has 0 aliphatic heterocycles. The lowest BCUT2D eigenvalue weighted by Crippen LogP contribution is -2.30. The number of benzene rings is 2. The molecule has 0 fully saturated rings. The molecule has 0 heterocycles. The number of anilines is 1. The van der Waals surface area contributed by atoms with Crippen LogP contribution in [0.25, 0.3) is 0 Å². The number of nitrogens with one attached hydrogen (secondary N) is 1. The van der Waals surface area contributed by atoms with Gasteiger partial charge in [0.25, 0.3) is 5.91 Å². The van der Waals surface area contributed by atoms with Crippen LogP contribution in [-0.2, 0) is 9.53 Å². The summed E-state index contributed by atoms with van der Waals surface area (Å²) >= 11 is 7.06. The average Bonchev–Trinajstić information content (AvgIpc) is 2.57. The summed E-state index contributed by atoms with van der Waals surface area (Å²) in [7, 11) is 0. The van der Waals surface area contributed by atoms with Crippen molar-refractivity contribution in [1.29, 1.82) is 0 Å². The lowest BCUT2D eigenvalue weighted by Gasteiger charge is -2.15. The molecule has 0 bridgehead atoms. The second-order valence-electron chi connectivity index (χ2n) is 4.86. The van der Waals surface area contributed by atoms with Crippen LogP contribution >= 0.6 is 23.4 Å². The van der Waals surface area contributed by atoms with Crippen molar-refractivity contribution < 1.29 is 18.7 Å². The monoisotopic (exact) mass is 367 g/mol. The maximum absolute atomic E-state index is 13.7. The number of hydrogen-bond acceptors (Lipinski definition) is 4. The van der Waals surface area contributed by atoms with Crippen LogP contribution in [0.3, 0.4) is 0 Å². The van der Waals surface area contributed by atoms with E-state index in [9.17, 15) is 14.0 Å². The minimum absolute atomic E-state index is 0.0307. The summed E-state index contributed by atoms with van der Waals surface area (Å²) in [6.45, 7) is 1.42. The number of halogens is 2. The molecule has 0 spiro atoms. The van der Waals surface area contributed by atoms with Gasteiger partial charge in [-0.3, -0.25) is 4.79 Å². The van der Waals surface area contributed by atoms with Gasteiger partial charge in [0.1, 0.15) is 5.82 Å². The van der Waals surface area contributed by atoms with Crippen LogP contribution in [0.15, 0.2) is 47.4 Å². The first-order valence-corrected chi connectivity index (χ1v) is 8.62. The number of hydrogen-bond donors (Lipinski definition) is 1. The van der Waals surface area contributed by atoms with Gasteiger partial charge in [0.2, 0.25) is 0 Å². The zero-order chi connectivity index (χ0) is 17.7. The van der Waals surface area contributed by atoms with Crippen molar-refractivity contribution in [2.24, 2.45) is 0 Å². The molecule has 4 nitrogen and oxygen atoms in total. The molecule has 2 aromatic rings. The quantitative estimate of drug-likeness (QED) is 0.629. The van der Waals surface area contributed by atoms with Crippen molar-refractivity contribution in [1.82, 2.24) is 0 Å². The van der Waals surface area contributed by atoms with E-state index in [1.807, 2.05) is 12.3 Å². The molecule has 1 atom stereocenters. The summed E-state index contributed by atoms with van der Waals surface area (Å²) in [5.74, 6) is -1.91.